The molecule has 4 nitrogen and oxygen atoms in total. The molecule has 0 radical (unpaired) electrons. The minimum absolute atomic E-state index is 0. The smallest absolute Gasteiger partial charge is 0.657 e. The van der Waals surface area contributed by atoms with Gasteiger partial charge < -0.3 is 9.97 Å². The second-order valence-electron chi connectivity index (χ2n) is 11.3. The van der Waals surface area contributed by atoms with Gasteiger partial charge in [0.1, 0.15) is 0 Å². The van der Waals surface area contributed by atoms with E-state index in [4.69, 9.17) is 19.9 Å². The molecular weight excluding hydrogens is 610 g/mol. The first-order valence-corrected chi connectivity index (χ1v) is 16.0. The fourth-order valence-corrected chi connectivity index (χ4v) is 7.64. The van der Waals surface area contributed by atoms with Crippen molar-refractivity contribution in [2.45, 2.75) is 42.2 Å². The van der Waals surface area contributed by atoms with Gasteiger partial charge in [-0.05, 0) is 59.4 Å². The Balaban J connectivity index is 0.00000312. The zero-order valence-electron chi connectivity index (χ0n) is 24.5. The maximum Gasteiger partial charge on any atom is 2.00 e. The molecule has 0 saturated heterocycles. The first-order chi connectivity index (χ1) is 21.3. The summed E-state index contributed by atoms with van der Waals surface area (Å²) in [6.45, 7) is 0. The minimum atomic E-state index is 0. The first-order valence-electron chi connectivity index (χ1n) is 15.1. The van der Waals surface area contributed by atoms with Crippen LogP contribution in [-0.2, 0) is 19.5 Å². The molecule has 1 aliphatic carbocycles. The summed E-state index contributed by atoms with van der Waals surface area (Å²) in [5.74, 6) is 0. The summed E-state index contributed by atoms with van der Waals surface area (Å²) in [6.07, 6.45) is 14.8. The molecule has 3 aliphatic rings. The molecule has 3 aromatic heterocycles. The van der Waals surface area contributed by atoms with Crippen LogP contribution in [0.2, 0.25) is 0 Å². The molecule has 8 rings (SSSR count). The van der Waals surface area contributed by atoms with Gasteiger partial charge in [-0.2, -0.15) is 0 Å². The molecule has 2 aliphatic heterocycles. The number of benzene rings is 2. The molecule has 0 spiro atoms. The Morgan fingerprint density at radius 2 is 1.16 bits per heavy atom. The van der Waals surface area contributed by atoms with Crippen molar-refractivity contribution in [2.24, 2.45) is 0 Å². The van der Waals surface area contributed by atoms with Crippen LogP contribution in [0.3, 0.4) is 0 Å². The zero-order valence-corrected chi connectivity index (χ0v) is 28.3. The van der Waals surface area contributed by atoms with Crippen molar-refractivity contribution in [3.05, 3.63) is 114 Å². The number of rotatable bonds is 4. The predicted octanol–water partition coefficient (Wildman–Crippen LogP) is 9.67. The maximum absolute atomic E-state index is 5.30. The first kappa shape index (κ1) is 28.8. The molecule has 0 atom stereocenters. The Bertz CT molecular complexity index is 2000. The van der Waals surface area contributed by atoms with E-state index in [1.807, 2.05) is 30.0 Å². The van der Waals surface area contributed by atoms with Gasteiger partial charge in [0.05, 0.1) is 22.8 Å². The second kappa shape index (κ2) is 12.6. The van der Waals surface area contributed by atoms with Crippen LogP contribution in [0.1, 0.15) is 54.9 Å². The van der Waals surface area contributed by atoms with Crippen LogP contribution in [-0.4, -0.2) is 15.2 Å². The molecule has 0 amide bonds. The average Bonchev–Trinajstić information content (AvgIpc) is 3.88. The van der Waals surface area contributed by atoms with Gasteiger partial charge in [-0.25, -0.2) is 9.97 Å². The van der Waals surface area contributed by atoms with E-state index in [1.165, 1.54) is 32.1 Å². The van der Waals surface area contributed by atoms with Crippen LogP contribution >= 0.6 is 11.8 Å². The van der Waals surface area contributed by atoms with E-state index in [9.17, 15) is 0 Å². The number of aromatic nitrogens is 4. The molecule has 210 valence electrons. The molecule has 2 aromatic carbocycles. The van der Waals surface area contributed by atoms with Crippen molar-refractivity contribution in [3.8, 4) is 22.3 Å². The van der Waals surface area contributed by atoms with Gasteiger partial charge in [0.25, 0.3) is 0 Å². The zero-order chi connectivity index (χ0) is 28.6. The summed E-state index contributed by atoms with van der Waals surface area (Å²) in [7, 11) is 0. The van der Waals surface area contributed by atoms with Crippen LogP contribution in [0.25, 0.3) is 68.6 Å². The van der Waals surface area contributed by atoms with Gasteiger partial charge in [0, 0.05) is 10.1 Å². The van der Waals surface area contributed by atoms with Crippen molar-refractivity contribution < 1.29 is 19.5 Å². The molecule has 0 unspecified atom stereocenters. The molecule has 5 heterocycles. The van der Waals surface area contributed by atoms with Gasteiger partial charge in [0.2, 0.25) is 0 Å². The Morgan fingerprint density at radius 1 is 0.568 bits per heavy atom. The molecular formula is C38H30N4SZn. The third-order valence-electron chi connectivity index (χ3n) is 8.35. The summed E-state index contributed by atoms with van der Waals surface area (Å²) >= 11 is 1.96. The molecule has 44 heavy (non-hydrogen) atoms. The van der Waals surface area contributed by atoms with Crippen LogP contribution in [0.15, 0.2) is 95.9 Å². The van der Waals surface area contributed by atoms with Gasteiger partial charge in [0.15, 0.2) is 0 Å². The SMILES string of the molecule is C1=Cc2nc1cc1ccc([n-]1)c(-c1ccccc1)c1nc(c(SC3CCCCC3)c3ccc([n-]3)c2-c2ccccc2)C=C1.[Zn+2]. The fraction of sp³-hybridized carbons (Fsp3) is 0.158. The van der Waals surface area contributed by atoms with Gasteiger partial charge in [-0.1, -0.05) is 110 Å². The van der Waals surface area contributed by atoms with E-state index in [-0.39, 0.29) is 19.5 Å². The number of nitrogens with zero attached hydrogens (tertiary/aromatic N) is 4. The van der Waals surface area contributed by atoms with E-state index in [0.717, 1.165) is 72.0 Å². The molecule has 8 bridgehead atoms. The fourth-order valence-electron chi connectivity index (χ4n) is 6.27. The van der Waals surface area contributed by atoms with Gasteiger partial charge in [-0.3, -0.25) is 0 Å². The van der Waals surface area contributed by atoms with Crippen LogP contribution in [0, 0.1) is 0 Å². The number of hydrogen-bond acceptors (Lipinski definition) is 3. The van der Waals surface area contributed by atoms with Crippen LogP contribution in [0.5, 0.6) is 0 Å². The van der Waals surface area contributed by atoms with E-state index < -0.39 is 0 Å². The van der Waals surface area contributed by atoms with Crippen molar-refractivity contribution in [1.29, 1.82) is 0 Å². The maximum atomic E-state index is 5.30. The molecule has 5 aromatic rings. The molecule has 0 N–H and O–H groups in total. The Morgan fingerprint density at radius 3 is 1.89 bits per heavy atom. The van der Waals surface area contributed by atoms with Gasteiger partial charge >= 0.3 is 19.5 Å². The largest absolute Gasteiger partial charge is 2.00 e. The molecule has 1 saturated carbocycles. The quantitative estimate of drug-likeness (QED) is 0.180. The normalized spacial score (nSPS) is 14.5. The monoisotopic (exact) mass is 638 g/mol. The second-order valence-corrected chi connectivity index (χ2v) is 12.6. The summed E-state index contributed by atoms with van der Waals surface area (Å²) in [4.78, 5) is 21.9. The Hall–Kier alpha value is -3.99. The summed E-state index contributed by atoms with van der Waals surface area (Å²) in [5, 5.41) is 0.568. The Labute approximate surface area is 274 Å². The van der Waals surface area contributed by atoms with E-state index in [2.05, 4.69) is 97.1 Å². The molecule has 1 fully saturated rings. The van der Waals surface area contributed by atoms with E-state index in [1.54, 1.807) is 0 Å². The standard InChI is InChI=1S/C38H30N4S.Zn/c1-4-10-25(11-5-1)36-30-18-16-27(39-30)24-28-17-19-31(40-28)37(26-12-6-2-7-13-26)33-21-23-35(42-33)38(34-22-20-32(36)41-34)43-29-14-8-3-9-15-29;/h1-2,4-7,10-13,16-24,29H,3,8-9,14-15H2;/q-2;+2. The van der Waals surface area contributed by atoms with Crippen LogP contribution < -0.4 is 9.97 Å². The minimum Gasteiger partial charge on any atom is -0.657 e. The number of thioether (sulfide) groups is 1. The van der Waals surface area contributed by atoms with Gasteiger partial charge in [-0.15, -0.1) is 33.8 Å². The average molecular weight is 640 g/mol. The van der Waals surface area contributed by atoms with Crippen molar-refractivity contribution in [3.63, 3.8) is 0 Å². The van der Waals surface area contributed by atoms with Crippen molar-refractivity contribution in [2.75, 3.05) is 0 Å². The third-order valence-corrected chi connectivity index (χ3v) is 9.81. The van der Waals surface area contributed by atoms with E-state index in [0.29, 0.717) is 5.25 Å². The third kappa shape index (κ3) is 5.65. The van der Waals surface area contributed by atoms with E-state index >= 15 is 0 Å². The van der Waals surface area contributed by atoms with Crippen LogP contribution in [0.4, 0.5) is 0 Å². The topological polar surface area (TPSA) is 54.0 Å². The van der Waals surface area contributed by atoms with Crippen molar-refractivity contribution >= 4 is 58.1 Å². The van der Waals surface area contributed by atoms with Crippen molar-refractivity contribution in [1.82, 2.24) is 19.9 Å². The number of hydrogen-bond donors (Lipinski definition) is 0. The summed E-state index contributed by atoms with van der Waals surface area (Å²) < 4.78 is 0. The Kier molecular flexibility index (Phi) is 8.21. The predicted molar refractivity (Wildman–Crippen MR) is 180 cm³/mol. The summed E-state index contributed by atoms with van der Waals surface area (Å²) in [6, 6.07) is 31.5. The summed E-state index contributed by atoms with van der Waals surface area (Å²) in [5.41, 5.74) is 11.7. The number of fused-ring (bicyclic) bond motifs is 8. The molecule has 6 heteroatoms.